The van der Waals surface area contributed by atoms with Crippen LogP contribution in [0, 0.1) is 13.8 Å². The highest BCUT2D eigenvalue weighted by atomic mass is 32.1. The molecule has 0 atom stereocenters. The molecule has 0 aliphatic rings. The normalized spacial score (nSPS) is 10.6. The zero-order valence-corrected chi connectivity index (χ0v) is 16.2. The third-order valence-electron chi connectivity index (χ3n) is 3.93. The van der Waals surface area contributed by atoms with E-state index in [1.807, 2.05) is 19.9 Å². The third kappa shape index (κ3) is 5.55. The molecule has 0 aromatic carbocycles. The number of aromatic nitrogens is 1. The summed E-state index contributed by atoms with van der Waals surface area (Å²) in [4.78, 5) is 40.1. The van der Waals surface area contributed by atoms with Crippen molar-refractivity contribution in [3.8, 4) is 0 Å². The van der Waals surface area contributed by atoms with Gasteiger partial charge in [0.2, 0.25) is 5.91 Å². The van der Waals surface area contributed by atoms with Crippen molar-refractivity contribution in [1.29, 1.82) is 0 Å². The maximum Gasteiger partial charge on any atom is 0.312 e. The van der Waals surface area contributed by atoms with Crippen LogP contribution in [0.2, 0.25) is 0 Å². The maximum atomic E-state index is 12.3. The molecule has 10 heteroatoms. The average molecular weight is 392 g/mol. The highest BCUT2D eigenvalue weighted by Gasteiger charge is 2.19. The van der Waals surface area contributed by atoms with Gasteiger partial charge in [0, 0.05) is 24.0 Å². The fourth-order valence-electron chi connectivity index (χ4n) is 2.68. The molecule has 7 N–H and O–H groups in total. The molecule has 0 bridgehead atoms. The van der Waals surface area contributed by atoms with Crippen LogP contribution in [-0.2, 0) is 4.79 Å². The Hall–Kier alpha value is -2.88. The number of rotatable bonds is 7. The lowest BCUT2D eigenvalue weighted by atomic mass is 10.1. The average Bonchev–Trinajstić information content (AvgIpc) is 2.92. The van der Waals surface area contributed by atoms with Crippen molar-refractivity contribution < 1.29 is 14.4 Å². The van der Waals surface area contributed by atoms with Crippen LogP contribution < -0.4 is 27.6 Å². The fraction of sp³-hybridized carbons (Fsp3) is 0.412. The second kappa shape index (κ2) is 9.17. The van der Waals surface area contributed by atoms with Gasteiger partial charge >= 0.3 is 6.03 Å². The number of unbranched alkanes of at least 4 members (excludes halogenated alkanes) is 2. The van der Waals surface area contributed by atoms with Crippen molar-refractivity contribution in [3.63, 3.8) is 0 Å². The van der Waals surface area contributed by atoms with E-state index >= 15 is 0 Å². The summed E-state index contributed by atoms with van der Waals surface area (Å²) in [6.45, 7) is 4.28. The van der Waals surface area contributed by atoms with Crippen molar-refractivity contribution in [1.82, 2.24) is 21.2 Å². The lowest BCUT2D eigenvalue weighted by Gasteiger charge is -2.07. The number of hydrogen-bond donors (Lipinski definition) is 5. The molecule has 0 saturated carbocycles. The Morgan fingerprint density at radius 3 is 2.59 bits per heavy atom. The van der Waals surface area contributed by atoms with E-state index in [1.54, 1.807) is 0 Å². The first kappa shape index (κ1) is 20.4. The van der Waals surface area contributed by atoms with E-state index in [2.05, 4.69) is 21.2 Å². The van der Waals surface area contributed by atoms with Gasteiger partial charge in [-0.3, -0.25) is 20.4 Å². The predicted octanol–water partition coefficient (Wildman–Crippen LogP) is 1.49. The van der Waals surface area contributed by atoms with Gasteiger partial charge in [0.05, 0.1) is 5.69 Å². The quantitative estimate of drug-likeness (QED) is 0.357. The number of amides is 4. The van der Waals surface area contributed by atoms with Gasteiger partial charge in [-0.2, -0.15) is 0 Å². The first-order chi connectivity index (χ1) is 12.8. The zero-order valence-electron chi connectivity index (χ0n) is 15.3. The van der Waals surface area contributed by atoms with E-state index in [1.165, 1.54) is 11.3 Å². The van der Waals surface area contributed by atoms with Crippen LogP contribution in [0.25, 0.3) is 10.2 Å². The number of nitrogen functional groups attached to an aromatic ring is 1. The molecule has 146 valence electrons. The van der Waals surface area contributed by atoms with Crippen molar-refractivity contribution in [2.24, 2.45) is 5.73 Å². The predicted molar refractivity (Wildman–Crippen MR) is 105 cm³/mol. The number of pyridine rings is 1. The van der Waals surface area contributed by atoms with Crippen molar-refractivity contribution in [3.05, 3.63) is 22.2 Å². The van der Waals surface area contributed by atoms with Crippen molar-refractivity contribution in [2.75, 3.05) is 12.3 Å². The van der Waals surface area contributed by atoms with Crippen molar-refractivity contribution in [2.45, 2.75) is 39.5 Å². The minimum atomic E-state index is -0.559. The van der Waals surface area contributed by atoms with E-state index in [9.17, 15) is 14.4 Å². The Bertz CT molecular complexity index is 864. The lowest BCUT2D eigenvalue weighted by Crippen LogP contribution is -2.41. The van der Waals surface area contributed by atoms with Gasteiger partial charge in [-0.1, -0.05) is 6.42 Å². The molecule has 0 unspecified atom stereocenters. The standard InChI is InChI=1S/C17H24N6O3S/c1-9-8-10(2)21-16-12(9)13(18)14(27-16)15(25)23-22-11(24)6-4-3-5-7-20-17(19)26/h8H,3-7,18H2,1-2H3,(H,22,24)(H,23,25)(H3,19,20,26). The summed E-state index contributed by atoms with van der Waals surface area (Å²) in [5, 5.41) is 3.25. The number of carbonyl (C=O) groups is 3. The van der Waals surface area contributed by atoms with Gasteiger partial charge in [0.15, 0.2) is 0 Å². The monoisotopic (exact) mass is 392 g/mol. The van der Waals surface area contributed by atoms with E-state index in [-0.39, 0.29) is 12.3 Å². The number of nitrogens with two attached hydrogens (primary N) is 2. The number of aryl methyl sites for hydroxylation is 2. The molecule has 0 aliphatic heterocycles. The number of primary amides is 1. The van der Waals surface area contributed by atoms with Crippen LogP contribution in [0.15, 0.2) is 6.07 Å². The molecule has 0 spiro atoms. The van der Waals surface area contributed by atoms with Crippen LogP contribution in [0.1, 0.15) is 46.6 Å². The number of anilines is 1. The minimum Gasteiger partial charge on any atom is -0.397 e. The third-order valence-corrected chi connectivity index (χ3v) is 5.02. The molecule has 0 aliphatic carbocycles. The fourth-order valence-corrected chi connectivity index (χ4v) is 3.79. The van der Waals surface area contributed by atoms with Gasteiger partial charge in [-0.15, -0.1) is 11.3 Å². The molecule has 2 rings (SSSR count). The van der Waals surface area contributed by atoms with Crippen LogP contribution >= 0.6 is 11.3 Å². The molecule has 2 aromatic rings. The summed E-state index contributed by atoms with van der Waals surface area (Å²) in [6, 6.07) is 1.35. The van der Waals surface area contributed by atoms with Gasteiger partial charge in [0.1, 0.15) is 9.71 Å². The molecular formula is C17H24N6O3S. The van der Waals surface area contributed by atoms with Crippen LogP contribution in [0.3, 0.4) is 0 Å². The highest BCUT2D eigenvalue weighted by Crippen LogP contribution is 2.34. The summed E-state index contributed by atoms with van der Waals surface area (Å²) in [5.74, 6) is -0.761. The zero-order chi connectivity index (χ0) is 20.0. The first-order valence-electron chi connectivity index (χ1n) is 8.58. The summed E-state index contributed by atoms with van der Waals surface area (Å²) in [6.07, 6.45) is 2.38. The number of nitrogens with one attached hydrogen (secondary N) is 3. The summed E-state index contributed by atoms with van der Waals surface area (Å²) in [7, 11) is 0. The lowest BCUT2D eigenvalue weighted by molar-refractivity contribution is -0.122. The summed E-state index contributed by atoms with van der Waals surface area (Å²) >= 11 is 1.20. The largest absolute Gasteiger partial charge is 0.397 e. The Morgan fingerprint density at radius 1 is 1.15 bits per heavy atom. The highest BCUT2D eigenvalue weighted by molar-refractivity contribution is 7.21. The molecule has 2 aromatic heterocycles. The SMILES string of the molecule is Cc1cc(C)c2c(N)c(C(=O)NNC(=O)CCCCCNC(N)=O)sc2n1. The number of hydrazine groups is 1. The molecule has 27 heavy (non-hydrogen) atoms. The second-order valence-corrected chi connectivity index (χ2v) is 7.21. The topological polar surface area (TPSA) is 152 Å². The molecule has 9 nitrogen and oxygen atoms in total. The summed E-state index contributed by atoms with van der Waals surface area (Å²) in [5.41, 5.74) is 18.0. The Balaban J connectivity index is 1.83. The molecular weight excluding hydrogens is 368 g/mol. The van der Waals surface area contributed by atoms with Crippen LogP contribution in [0.4, 0.5) is 10.5 Å². The van der Waals surface area contributed by atoms with Gasteiger partial charge in [-0.05, 0) is 38.3 Å². The smallest absolute Gasteiger partial charge is 0.312 e. The Labute approximate surface area is 160 Å². The number of thiophene rings is 1. The number of urea groups is 1. The molecule has 4 amide bonds. The molecule has 0 fully saturated rings. The first-order valence-corrected chi connectivity index (χ1v) is 9.40. The van der Waals surface area contributed by atoms with Crippen LogP contribution in [0.5, 0.6) is 0 Å². The Morgan fingerprint density at radius 2 is 1.89 bits per heavy atom. The van der Waals surface area contributed by atoms with Crippen LogP contribution in [-0.4, -0.2) is 29.4 Å². The number of fused-ring (bicyclic) bond motifs is 1. The van der Waals surface area contributed by atoms with E-state index in [0.717, 1.165) is 29.5 Å². The van der Waals surface area contributed by atoms with E-state index in [4.69, 9.17) is 11.5 Å². The minimum absolute atomic E-state index is 0.263. The number of nitrogens with zero attached hydrogens (tertiary/aromatic N) is 1. The molecule has 0 radical (unpaired) electrons. The van der Waals surface area contributed by atoms with Crippen molar-refractivity contribution >= 4 is 45.1 Å². The van der Waals surface area contributed by atoms with Gasteiger partial charge in [0.25, 0.3) is 5.91 Å². The van der Waals surface area contributed by atoms with E-state index in [0.29, 0.717) is 28.4 Å². The van der Waals surface area contributed by atoms with E-state index < -0.39 is 11.9 Å². The van der Waals surface area contributed by atoms with Gasteiger partial charge in [-0.25, -0.2) is 9.78 Å². The molecule has 0 saturated heterocycles. The number of hydrogen-bond acceptors (Lipinski definition) is 6. The van der Waals surface area contributed by atoms with Gasteiger partial charge < -0.3 is 16.8 Å². The summed E-state index contributed by atoms with van der Waals surface area (Å²) < 4.78 is 0. The Kier molecular flexibility index (Phi) is 6.94. The second-order valence-electron chi connectivity index (χ2n) is 6.21. The number of carbonyl (C=O) groups excluding carboxylic acids is 3. The molecule has 2 heterocycles. The maximum absolute atomic E-state index is 12.3.